The molecule has 3 aromatic rings. The van der Waals surface area contributed by atoms with Gasteiger partial charge in [-0.15, -0.1) is 0 Å². The van der Waals surface area contributed by atoms with Gasteiger partial charge in [-0.25, -0.2) is 4.68 Å². The van der Waals surface area contributed by atoms with Crippen molar-refractivity contribution in [3.8, 4) is 11.4 Å². The molecule has 0 saturated carbocycles. The molecule has 0 radical (unpaired) electrons. The Morgan fingerprint density at radius 3 is 2.40 bits per heavy atom. The summed E-state index contributed by atoms with van der Waals surface area (Å²) in [7, 11) is 3.81. The molecule has 8 nitrogen and oxygen atoms in total. The first-order valence-corrected chi connectivity index (χ1v) is 11.6. The number of aromatic nitrogens is 2. The molecule has 35 heavy (non-hydrogen) atoms. The highest BCUT2D eigenvalue weighted by molar-refractivity contribution is 6.46. The van der Waals surface area contributed by atoms with Gasteiger partial charge in [-0.1, -0.05) is 30.3 Å². The maximum atomic E-state index is 13.2. The molecule has 0 unspecified atom stereocenters. The van der Waals surface area contributed by atoms with Crippen LogP contribution in [-0.4, -0.2) is 70.2 Å². The summed E-state index contributed by atoms with van der Waals surface area (Å²) >= 11 is 0. The van der Waals surface area contributed by atoms with Gasteiger partial charge in [0, 0.05) is 13.1 Å². The summed E-state index contributed by atoms with van der Waals surface area (Å²) in [5.41, 5.74) is 2.70. The normalized spacial score (nSPS) is 17.4. The molecular formula is C27H30N4O4. The lowest BCUT2D eigenvalue weighted by molar-refractivity contribution is -0.140. The van der Waals surface area contributed by atoms with Crippen molar-refractivity contribution >= 4 is 17.4 Å². The predicted molar refractivity (Wildman–Crippen MR) is 133 cm³/mol. The minimum Gasteiger partial charge on any atom is -0.507 e. The standard InChI is InChI=1S/C27H30N4O4/c1-5-35-21-13-11-19(12-14-21)24-23(26(33)27(34)30(24)16-15-29(3)4)25(32)22-17-28-31(18(22)2)20-9-7-6-8-10-20/h6-14,17,24,32H,5,15-16H2,1-4H3/t24-/m1/s1. The smallest absolute Gasteiger partial charge is 0.295 e. The highest BCUT2D eigenvalue weighted by Gasteiger charge is 2.46. The number of para-hydroxylation sites is 1. The summed E-state index contributed by atoms with van der Waals surface area (Å²) in [4.78, 5) is 29.8. The first-order chi connectivity index (χ1) is 16.8. The molecule has 182 valence electrons. The van der Waals surface area contributed by atoms with Gasteiger partial charge in [-0.05, 0) is 57.8 Å². The molecule has 1 fully saturated rings. The van der Waals surface area contributed by atoms with E-state index in [1.807, 2.05) is 87.4 Å². The van der Waals surface area contributed by atoms with Crippen LogP contribution in [0.15, 0.2) is 66.4 Å². The van der Waals surface area contributed by atoms with E-state index in [2.05, 4.69) is 5.10 Å². The van der Waals surface area contributed by atoms with E-state index < -0.39 is 17.7 Å². The number of carbonyl (C=O) groups is 2. The maximum Gasteiger partial charge on any atom is 0.295 e. The SMILES string of the molecule is CCOc1ccc([C@@H]2C(=C(O)c3cnn(-c4ccccc4)c3C)C(=O)C(=O)N2CCN(C)C)cc1. The number of nitrogens with zero attached hydrogens (tertiary/aromatic N) is 4. The van der Waals surface area contributed by atoms with Crippen LogP contribution in [0, 0.1) is 6.92 Å². The first-order valence-electron chi connectivity index (χ1n) is 11.6. The van der Waals surface area contributed by atoms with Crippen LogP contribution >= 0.6 is 0 Å². The van der Waals surface area contributed by atoms with Crippen LogP contribution in [0.3, 0.4) is 0 Å². The van der Waals surface area contributed by atoms with Crippen molar-refractivity contribution in [2.45, 2.75) is 19.9 Å². The van der Waals surface area contributed by atoms with Gasteiger partial charge in [0.25, 0.3) is 11.7 Å². The molecule has 2 heterocycles. The largest absolute Gasteiger partial charge is 0.507 e. The van der Waals surface area contributed by atoms with E-state index in [-0.39, 0.29) is 11.3 Å². The van der Waals surface area contributed by atoms with Crippen molar-refractivity contribution in [2.75, 3.05) is 33.8 Å². The number of ether oxygens (including phenoxy) is 1. The second-order valence-corrected chi connectivity index (χ2v) is 8.69. The molecule has 1 N–H and O–H groups in total. The molecule has 1 aromatic heterocycles. The zero-order valence-electron chi connectivity index (χ0n) is 20.4. The van der Waals surface area contributed by atoms with E-state index in [1.165, 1.54) is 11.1 Å². The Labute approximate surface area is 205 Å². The van der Waals surface area contributed by atoms with Crippen LogP contribution in [0.25, 0.3) is 11.4 Å². The summed E-state index contributed by atoms with van der Waals surface area (Å²) in [6.07, 6.45) is 1.53. The van der Waals surface area contributed by atoms with Gasteiger partial charge in [0.15, 0.2) is 0 Å². The van der Waals surface area contributed by atoms with Crippen molar-refractivity contribution < 1.29 is 19.4 Å². The molecule has 1 amide bonds. The number of aliphatic hydroxyl groups excluding tert-OH is 1. The Morgan fingerprint density at radius 2 is 1.77 bits per heavy atom. The summed E-state index contributed by atoms with van der Waals surface area (Å²) < 4.78 is 7.25. The monoisotopic (exact) mass is 474 g/mol. The average Bonchev–Trinajstić information content (AvgIpc) is 3.36. The Balaban J connectivity index is 1.82. The van der Waals surface area contributed by atoms with Gasteiger partial charge in [-0.2, -0.15) is 5.10 Å². The Hall–Kier alpha value is -3.91. The van der Waals surface area contributed by atoms with Crippen LogP contribution in [0.2, 0.25) is 0 Å². The third kappa shape index (κ3) is 4.70. The summed E-state index contributed by atoms with van der Waals surface area (Å²) in [5, 5.41) is 15.8. The summed E-state index contributed by atoms with van der Waals surface area (Å²) in [5.74, 6) is -0.858. The number of likely N-dealkylation sites (tertiary alicyclic amines) is 1. The number of Topliss-reactive ketones (excluding diaryl/α,β-unsaturated/α-hetero) is 1. The predicted octanol–water partition coefficient (Wildman–Crippen LogP) is 3.56. The van der Waals surface area contributed by atoms with E-state index in [9.17, 15) is 14.7 Å². The number of hydrogen-bond donors (Lipinski definition) is 1. The molecule has 1 saturated heterocycles. The average molecular weight is 475 g/mol. The summed E-state index contributed by atoms with van der Waals surface area (Å²) in [6.45, 7) is 5.18. The van der Waals surface area contributed by atoms with E-state index in [0.29, 0.717) is 36.7 Å². The topological polar surface area (TPSA) is 87.9 Å². The highest BCUT2D eigenvalue weighted by atomic mass is 16.5. The van der Waals surface area contributed by atoms with Gasteiger partial charge < -0.3 is 19.6 Å². The van der Waals surface area contributed by atoms with E-state index >= 15 is 0 Å². The third-order valence-corrected chi connectivity index (χ3v) is 6.10. The lowest BCUT2D eigenvalue weighted by atomic mass is 9.95. The Bertz CT molecular complexity index is 1250. The minimum absolute atomic E-state index is 0.0635. The number of likely N-dealkylation sites (N-methyl/N-ethyl adjacent to an activating group) is 1. The fourth-order valence-corrected chi connectivity index (χ4v) is 4.29. The number of benzene rings is 2. The summed E-state index contributed by atoms with van der Waals surface area (Å²) in [6, 6.07) is 16.1. The molecule has 1 aliphatic heterocycles. The molecule has 0 bridgehead atoms. The minimum atomic E-state index is -0.717. The Kier molecular flexibility index (Phi) is 7.02. The van der Waals surface area contributed by atoms with Gasteiger partial charge in [0.05, 0.1) is 41.4 Å². The lowest BCUT2D eigenvalue weighted by Crippen LogP contribution is -2.35. The molecule has 8 heteroatoms. The van der Waals surface area contributed by atoms with E-state index in [4.69, 9.17) is 4.74 Å². The fourth-order valence-electron chi connectivity index (χ4n) is 4.29. The van der Waals surface area contributed by atoms with E-state index in [1.54, 1.807) is 4.68 Å². The third-order valence-electron chi connectivity index (χ3n) is 6.10. The molecule has 1 aliphatic rings. The first kappa shape index (κ1) is 24.2. The molecule has 1 atom stereocenters. The van der Waals surface area contributed by atoms with Gasteiger partial charge >= 0.3 is 0 Å². The number of aliphatic hydroxyl groups is 1. The molecule has 0 spiro atoms. The number of carbonyl (C=O) groups excluding carboxylic acids is 2. The van der Waals surface area contributed by atoms with Crippen molar-refractivity contribution in [1.29, 1.82) is 0 Å². The van der Waals surface area contributed by atoms with Crippen LogP contribution in [0.4, 0.5) is 0 Å². The zero-order valence-corrected chi connectivity index (χ0v) is 20.4. The molecule has 2 aromatic carbocycles. The number of ketones is 1. The fraction of sp³-hybridized carbons (Fsp3) is 0.296. The van der Waals surface area contributed by atoms with Crippen molar-refractivity contribution in [1.82, 2.24) is 19.6 Å². The number of amides is 1. The van der Waals surface area contributed by atoms with Crippen molar-refractivity contribution in [3.05, 3.63) is 83.2 Å². The lowest BCUT2D eigenvalue weighted by Gasteiger charge is -2.26. The van der Waals surface area contributed by atoms with E-state index in [0.717, 1.165) is 11.3 Å². The zero-order chi connectivity index (χ0) is 25.1. The van der Waals surface area contributed by atoms with Gasteiger partial charge in [0.1, 0.15) is 11.5 Å². The van der Waals surface area contributed by atoms with Crippen LogP contribution in [-0.2, 0) is 9.59 Å². The van der Waals surface area contributed by atoms with Crippen molar-refractivity contribution in [3.63, 3.8) is 0 Å². The van der Waals surface area contributed by atoms with Crippen molar-refractivity contribution in [2.24, 2.45) is 0 Å². The second kappa shape index (κ2) is 10.1. The highest BCUT2D eigenvalue weighted by Crippen LogP contribution is 2.40. The Morgan fingerprint density at radius 1 is 1.09 bits per heavy atom. The van der Waals surface area contributed by atoms with Crippen LogP contribution < -0.4 is 4.74 Å². The van der Waals surface area contributed by atoms with Gasteiger partial charge in [0.2, 0.25) is 0 Å². The maximum absolute atomic E-state index is 13.2. The molecule has 4 rings (SSSR count). The number of rotatable bonds is 8. The molecule has 0 aliphatic carbocycles. The number of hydrogen-bond acceptors (Lipinski definition) is 6. The van der Waals surface area contributed by atoms with Gasteiger partial charge in [-0.3, -0.25) is 9.59 Å². The quantitative estimate of drug-likeness (QED) is 0.305. The second-order valence-electron chi connectivity index (χ2n) is 8.69. The van der Waals surface area contributed by atoms with Crippen LogP contribution in [0.5, 0.6) is 5.75 Å². The molecular weight excluding hydrogens is 444 g/mol. The van der Waals surface area contributed by atoms with Crippen LogP contribution in [0.1, 0.15) is 29.8 Å².